The van der Waals surface area contributed by atoms with E-state index in [2.05, 4.69) is 10.3 Å². The number of amides is 1. The highest BCUT2D eigenvalue weighted by atomic mass is 32.1. The molecule has 2 aromatic heterocycles. The molecular formula is C25H23N3O4S. The molecule has 1 N–H and O–H groups in total. The summed E-state index contributed by atoms with van der Waals surface area (Å²) in [7, 11) is 0. The van der Waals surface area contributed by atoms with E-state index in [0.717, 1.165) is 17.8 Å². The third-order valence-corrected chi connectivity index (χ3v) is 6.37. The first-order valence-corrected chi connectivity index (χ1v) is 11.4. The van der Waals surface area contributed by atoms with Gasteiger partial charge < -0.3 is 10.1 Å². The van der Waals surface area contributed by atoms with Crippen LogP contribution in [0.4, 0.5) is 5.69 Å². The van der Waals surface area contributed by atoms with Crippen LogP contribution in [0.5, 0.6) is 0 Å². The Hall–Kier alpha value is -3.78. The van der Waals surface area contributed by atoms with Crippen LogP contribution in [0, 0.1) is 6.92 Å². The van der Waals surface area contributed by atoms with Crippen molar-refractivity contribution in [1.82, 2.24) is 9.55 Å². The van der Waals surface area contributed by atoms with Crippen LogP contribution in [-0.2, 0) is 22.5 Å². The first-order chi connectivity index (χ1) is 16.0. The molecule has 7 nitrogen and oxygen atoms in total. The Labute approximate surface area is 194 Å². The molecule has 4 rings (SSSR count). The van der Waals surface area contributed by atoms with Crippen molar-refractivity contribution in [2.24, 2.45) is 0 Å². The maximum atomic E-state index is 13.0. The Bertz CT molecular complexity index is 1330. The van der Waals surface area contributed by atoms with E-state index in [9.17, 15) is 14.4 Å². The maximum Gasteiger partial charge on any atom is 0.326 e. The predicted octanol–water partition coefficient (Wildman–Crippen LogP) is 4.19. The summed E-state index contributed by atoms with van der Waals surface area (Å²) in [6.45, 7) is 1.77. The maximum absolute atomic E-state index is 13.0. The molecule has 0 fully saturated rings. The summed E-state index contributed by atoms with van der Waals surface area (Å²) in [6, 6.07) is 19.1. The summed E-state index contributed by atoms with van der Waals surface area (Å²) in [4.78, 5) is 43.1. The number of nitrogens with zero attached hydrogens (tertiary/aromatic N) is 2. The van der Waals surface area contributed by atoms with Crippen LogP contribution in [0.25, 0.3) is 10.2 Å². The number of rotatable bonds is 8. The molecule has 1 amide bonds. The predicted molar refractivity (Wildman–Crippen MR) is 129 cm³/mol. The number of esters is 1. The number of nitrogens with one attached hydrogen (secondary N) is 1. The minimum Gasteiger partial charge on any atom is -0.464 e. The van der Waals surface area contributed by atoms with E-state index in [1.807, 2.05) is 48.5 Å². The van der Waals surface area contributed by atoms with E-state index in [-0.39, 0.29) is 24.6 Å². The topological polar surface area (TPSA) is 90.3 Å². The van der Waals surface area contributed by atoms with Crippen molar-refractivity contribution in [3.8, 4) is 0 Å². The zero-order chi connectivity index (χ0) is 23.2. The largest absolute Gasteiger partial charge is 0.464 e. The molecule has 8 heteroatoms. The fourth-order valence-electron chi connectivity index (χ4n) is 3.49. The second-order valence-corrected chi connectivity index (χ2v) is 8.54. The summed E-state index contributed by atoms with van der Waals surface area (Å²) in [5.74, 6) is -0.799. The third-order valence-electron chi connectivity index (χ3n) is 5.17. The minimum absolute atomic E-state index is 0.228. The fourth-order valence-corrected chi connectivity index (χ4v) is 4.52. The van der Waals surface area contributed by atoms with Gasteiger partial charge in [-0.1, -0.05) is 48.5 Å². The van der Waals surface area contributed by atoms with Crippen molar-refractivity contribution in [3.05, 3.63) is 93.3 Å². The Morgan fingerprint density at radius 3 is 2.48 bits per heavy atom. The number of fused-ring (bicyclic) bond motifs is 1. The average molecular weight is 462 g/mol. The highest BCUT2D eigenvalue weighted by Gasteiger charge is 2.20. The van der Waals surface area contributed by atoms with Gasteiger partial charge >= 0.3 is 5.97 Å². The van der Waals surface area contributed by atoms with Crippen LogP contribution >= 0.6 is 11.3 Å². The highest BCUT2D eigenvalue weighted by molar-refractivity contribution is 7.20. The van der Waals surface area contributed by atoms with Crippen molar-refractivity contribution >= 4 is 39.1 Å². The van der Waals surface area contributed by atoms with Gasteiger partial charge in [0.1, 0.15) is 11.4 Å². The van der Waals surface area contributed by atoms with Gasteiger partial charge in [0.25, 0.3) is 11.5 Å². The smallest absolute Gasteiger partial charge is 0.326 e. The van der Waals surface area contributed by atoms with Crippen LogP contribution in [0.15, 0.2) is 71.8 Å². The molecule has 33 heavy (non-hydrogen) atoms. The Morgan fingerprint density at radius 2 is 1.76 bits per heavy atom. The number of hydrogen-bond acceptors (Lipinski definition) is 6. The molecule has 4 aromatic rings. The van der Waals surface area contributed by atoms with Gasteiger partial charge in [0.2, 0.25) is 0 Å². The van der Waals surface area contributed by atoms with Crippen LogP contribution in [0.1, 0.15) is 27.2 Å². The van der Waals surface area contributed by atoms with E-state index in [4.69, 9.17) is 4.74 Å². The Balaban J connectivity index is 1.42. The number of carbonyl (C=O) groups excluding carboxylic acids is 2. The van der Waals surface area contributed by atoms with Gasteiger partial charge in [0, 0.05) is 5.69 Å². The van der Waals surface area contributed by atoms with Crippen LogP contribution in [0.2, 0.25) is 0 Å². The molecule has 2 heterocycles. The van der Waals surface area contributed by atoms with E-state index < -0.39 is 5.97 Å². The monoisotopic (exact) mass is 461 g/mol. The van der Waals surface area contributed by atoms with Crippen molar-refractivity contribution in [1.29, 1.82) is 0 Å². The zero-order valence-corrected chi connectivity index (χ0v) is 18.9. The number of aryl methyl sites for hydroxylation is 2. The Kier molecular flexibility index (Phi) is 6.95. The summed E-state index contributed by atoms with van der Waals surface area (Å²) in [5.41, 5.74) is 2.03. The first kappa shape index (κ1) is 22.4. The summed E-state index contributed by atoms with van der Waals surface area (Å²) < 4.78 is 6.51. The number of benzene rings is 2. The van der Waals surface area contributed by atoms with E-state index >= 15 is 0 Å². The number of para-hydroxylation sites is 1. The standard InChI is InChI=1S/C25H23N3O4S/c1-17-21-24(33-22(17)23(30)27-19-12-6-3-7-13-19)26-16-28(25(21)31)15-20(29)32-14-8-11-18-9-4-2-5-10-18/h2-7,9-10,12-13,16H,8,11,14-15H2,1H3,(H,27,30). The molecule has 0 saturated heterocycles. The molecule has 0 bridgehead atoms. The van der Waals surface area contributed by atoms with E-state index in [1.54, 1.807) is 19.1 Å². The molecule has 0 atom stereocenters. The van der Waals surface area contributed by atoms with Gasteiger partial charge in [-0.3, -0.25) is 19.0 Å². The lowest BCUT2D eigenvalue weighted by molar-refractivity contribution is -0.144. The molecule has 0 radical (unpaired) electrons. The molecule has 0 aliphatic carbocycles. The summed E-state index contributed by atoms with van der Waals surface area (Å²) >= 11 is 1.16. The molecule has 0 aliphatic heterocycles. The van der Waals surface area contributed by atoms with Crippen molar-refractivity contribution in [3.63, 3.8) is 0 Å². The van der Waals surface area contributed by atoms with Gasteiger partial charge in [-0.05, 0) is 43.0 Å². The number of thiophene rings is 1. The summed E-state index contributed by atoms with van der Waals surface area (Å²) in [6.07, 6.45) is 2.83. The van der Waals surface area contributed by atoms with Crippen LogP contribution in [0.3, 0.4) is 0 Å². The van der Waals surface area contributed by atoms with Crippen molar-refractivity contribution in [2.45, 2.75) is 26.3 Å². The number of aromatic nitrogens is 2. The lowest BCUT2D eigenvalue weighted by Gasteiger charge is -2.07. The molecule has 0 unspecified atom stereocenters. The number of hydrogen-bond donors (Lipinski definition) is 1. The van der Waals surface area contributed by atoms with E-state index in [1.165, 1.54) is 16.5 Å². The van der Waals surface area contributed by atoms with Gasteiger partial charge in [-0.2, -0.15) is 0 Å². The number of anilines is 1. The number of ether oxygens (including phenoxy) is 1. The average Bonchev–Trinajstić information content (AvgIpc) is 3.17. The normalized spacial score (nSPS) is 10.8. The lowest BCUT2D eigenvalue weighted by Crippen LogP contribution is -2.26. The molecule has 0 spiro atoms. The van der Waals surface area contributed by atoms with E-state index in [0.29, 0.717) is 32.8 Å². The molecule has 0 aliphatic rings. The molecule has 2 aromatic carbocycles. The van der Waals surface area contributed by atoms with Gasteiger partial charge in [0.05, 0.1) is 23.2 Å². The molecular weight excluding hydrogens is 438 g/mol. The quantitative estimate of drug-likeness (QED) is 0.314. The minimum atomic E-state index is -0.499. The van der Waals surface area contributed by atoms with Gasteiger partial charge in [-0.25, -0.2) is 4.98 Å². The number of carbonyl (C=O) groups is 2. The van der Waals surface area contributed by atoms with Crippen molar-refractivity contribution < 1.29 is 14.3 Å². The van der Waals surface area contributed by atoms with Crippen LogP contribution < -0.4 is 10.9 Å². The van der Waals surface area contributed by atoms with Gasteiger partial charge in [-0.15, -0.1) is 11.3 Å². The lowest BCUT2D eigenvalue weighted by atomic mass is 10.1. The Morgan fingerprint density at radius 1 is 1.06 bits per heavy atom. The van der Waals surface area contributed by atoms with Crippen LogP contribution in [-0.4, -0.2) is 28.0 Å². The SMILES string of the molecule is Cc1c(C(=O)Nc2ccccc2)sc2ncn(CC(=O)OCCCc3ccccc3)c(=O)c12. The zero-order valence-electron chi connectivity index (χ0n) is 18.1. The first-order valence-electron chi connectivity index (χ1n) is 10.6. The van der Waals surface area contributed by atoms with Gasteiger partial charge in [0.15, 0.2) is 0 Å². The third kappa shape index (κ3) is 5.35. The molecule has 0 saturated carbocycles. The second-order valence-electron chi connectivity index (χ2n) is 7.54. The second kappa shape index (κ2) is 10.2. The molecule has 168 valence electrons. The summed E-state index contributed by atoms with van der Waals surface area (Å²) in [5, 5.41) is 3.17. The van der Waals surface area contributed by atoms with Crippen molar-refractivity contribution in [2.75, 3.05) is 11.9 Å². The highest BCUT2D eigenvalue weighted by Crippen LogP contribution is 2.27. The fraction of sp³-hybridized carbons (Fsp3) is 0.200.